The van der Waals surface area contributed by atoms with Gasteiger partial charge in [-0.05, 0) is 41.7 Å². The highest BCUT2D eigenvalue weighted by atomic mass is 16.5. The molecule has 1 fully saturated rings. The fraction of sp³-hybridized carbons (Fsp3) is 0.368. The number of piperidine rings is 1. The average molecular weight is 326 g/mol. The highest BCUT2D eigenvalue weighted by Gasteiger charge is 2.23. The molecule has 5 nitrogen and oxygen atoms in total. The Balaban J connectivity index is 1.53. The number of carbonyl (C=O) groups excluding carboxylic acids is 2. The summed E-state index contributed by atoms with van der Waals surface area (Å²) in [5.41, 5.74) is 0.681. The molecule has 2 aromatic rings. The van der Waals surface area contributed by atoms with E-state index in [0.717, 1.165) is 23.6 Å². The molecule has 126 valence electrons. The van der Waals surface area contributed by atoms with Gasteiger partial charge >= 0.3 is 6.09 Å². The van der Waals surface area contributed by atoms with Crippen molar-refractivity contribution in [2.45, 2.75) is 12.8 Å². The summed E-state index contributed by atoms with van der Waals surface area (Å²) in [6.07, 6.45) is 1.49. The molecule has 1 aliphatic rings. The molecule has 0 bridgehead atoms. The molecular formula is C19H22N2O3. The Bertz CT molecular complexity index is 736. The van der Waals surface area contributed by atoms with Crippen LogP contribution in [0.5, 0.6) is 0 Å². The Hall–Kier alpha value is -2.56. The first-order chi connectivity index (χ1) is 11.7. The molecule has 0 atom stereocenters. The number of carbonyl (C=O) groups is 2. The van der Waals surface area contributed by atoms with Gasteiger partial charge in [-0.25, -0.2) is 4.79 Å². The molecule has 0 radical (unpaired) electrons. The molecule has 2 aromatic carbocycles. The predicted octanol–water partition coefficient (Wildman–Crippen LogP) is 3.05. The minimum absolute atomic E-state index is 0.0452. The second kappa shape index (κ2) is 7.34. The molecule has 2 amide bonds. The summed E-state index contributed by atoms with van der Waals surface area (Å²) in [6.45, 7) is 2.01. The van der Waals surface area contributed by atoms with E-state index in [2.05, 4.69) is 5.32 Å². The molecule has 1 heterocycles. The highest BCUT2D eigenvalue weighted by Crippen LogP contribution is 2.18. The molecule has 1 saturated heterocycles. The minimum atomic E-state index is -0.270. The smallest absolute Gasteiger partial charge is 0.409 e. The van der Waals surface area contributed by atoms with Crippen molar-refractivity contribution in [3.05, 3.63) is 48.0 Å². The Morgan fingerprint density at radius 3 is 2.54 bits per heavy atom. The van der Waals surface area contributed by atoms with Crippen LogP contribution >= 0.6 is 0 Å². The van der Waals surface area contributed by atoms with Gasteiger partial charge in [-0.1, -0.05) is 30.3 Å². The molecule has 0 unspecified atom stereocenters. The van der Waals surface area contributed by atoms with Crippen molar-refractivity contribution in [3.8, 4) is 0 Å². The molecule has 0 aromatic heterocycles. The van der Waals surface area contributed by atoms with Crippen molar-refractivity contribution < 1.29 is 14.3 Å². The number of likely N-dealkylation sites (tertiary alicyclic amines) is 1. The third-order valence-electron chi connectivity index (χ3n) is 4.61. The van der Waals surface area contributed by atoms with Crippen molar-refractivity contribution in [2.24, 2.45) is 5.92 Å². The van der Waals surface area contributed by atoms with Gasteiger partial charge in [0, 0.05) is 25.2 Å². The molecule has 0 spiro atoms. The lowest BCUT2D eigenvalue weighted by molar-refractivity contribution is 0.0914. The molecule has 1 N–H and O–H groups in total. The maximum Gasteiger partial charge on any atom is 0.409 e. The Labute approximate surface area is 141 Å². The topological polar surface area (TPSA) is 58.6 Å². The van der Waals surface area contributed by atoms with Crippen molar-refractivity contribution in [1.29, 1.82) is 0 Å². The summed E-state index contributed by atoms with van der Waals surface area (Å²) in [6, 6.07) is 13.8. The SMILES string of the molecule is COC(=O)N1CCC(CNC(=O)c2ccc3ccccc3c2)CC1. The zero-order chi connectivity index (χ0) is 16.9. The van der Waals surface area contributed by atoms with Crippen LogP contribution in [0, 0.1) is 5.92 Å². The fourth-order valence-electron chi connectivity index (χ4n) is 3.12. The van der Waals surface area contributed by atoms with E-state index in [1.165, 1.54) is 7.11 Å². The lowest BCUT2D eigenvalue weighted by atomic mass is 9.97. The molecule has 5 heteroatoms. The van der Waals surface area contributed by atoms with Crippen LogP contribution in [-0.2, 0) is 4.74 Å². The van der Waals surface area contributed by atoms with Crippen molar-refractivity contribution >= 4 is 22.8 Å². The van der Waals surface area contributed by atoms with Gasteiger partial charge in [0.2, 0.25) is 0 Å². The van der Waals surface area contributed by atoms with E-state index in [9.17, 15) is 9.59 Å². The number of ether oxygens (including phenoxy) is 1. The van der Waals surface area contributed by atoms with Crippen molar-refractivity contribution in [1.82, 2.24) is 10.2 Å². The summed E-state index contributed by atoms with van der Waals surface area (Å²) in [5.74, 6) is 0.353. The number of benzene rings is 2. The molecule has 1 aliphatic heterocycles. The van der Waals surface area contributed by atoms with Crippen LogP contribution in [0.3, 0.4) is 0 Å². The van der Waals surface area contributed by atoms with Gasteiger partial charge in [0.15, 0.2) is 0 Å². The maximum absolute atomic E-state index is 12.4. The van der Waals surface area contributed by atoms with Gasteiger partial charge in [-0.3, -0.25) is 4.79 Å². The quantitative estimate of drug-likeness (QED) is 0.943. The van der Waals surface area contributed by atoms with Crippen LogP contribution in [0.15, 0.2) is 42.5 Å². The maximum atomic E-state index is 12.4. The predicted molar refractivity (Wildman–Crippen MR) is 93.0 cm³/mol. The number of hydrogen-bond acceptors (Lipinski definition) is 3. The zero-order valence-corrected chi connectivity index (χ0v) is 13.8. The standard InChI is InChI=1S/C19H22N2O3/c1-24-19(23)21-10-8-14(9-11-21)13-20-18(22)17-7-6-15-4-2-3-5-16(15)12-17/h2-7,12,14H,8-11,13H2,1H3,(H,20,22). The summed E-state index contributed by atoms with van der Waals surface area (Å²) >= 11 is 0. The minimum Gasteiger partial charge on any atom is -0.453 e. The molecule has 3 rings (SSSR count). The van der Waals surface area contributed by atoms with Gasteiger partial charge in [0.1, 0.15) is 0 Å². The molecule has 0 saturated carbocycles. The van der Waals surface area contributed by atoms with E-state index in [0.29, 0.717) is 31.1 Å². The van der Waals surface area contributed by atoms with Gasteiger partial charge < -0.3 is 15.0 Å². The lowest BCUT2D eigenvalue weighted by Gasteiger charge is -2.30. The van der Waals surface area contributed by atoms with Crippen LogP contribution in [0.1, 0.15) is 23.2 Å². The largest absolute Gasteiger partial charge is 0.453 e. The number of rotatable bonds is 3. The third kappa shape index (κ3) is 3.67. The Morgan fingerprint density at radius 1 is 1.12 bits per heavy atom. The van der Waals surface area contributed by atoms with E-state index < -0.39 is 0 Å². The van der Waals surface area contributed by atoms with Crippen molar-refractivity contribution in [3.63, 3.8) is 0 Å². The third-order valence-corrected chi connectivity index (χ3v) is 4.61. The first-order valence-electron chi connectivity index (χ1n) is 8.27. The van der Waals surface area contributed by atoms with E-state index in [1.54, 1.807) is 4.90 Å². The van der Waals surface area contributed by atoms with Gasteiger partial charge in [0.05, 0.1) is 7.11 Å². The zero-order valence-electron chi connectivity index (χ0n) is 13.8. The van der Waals surface area contributed by atoms with E-state index in [4.69, 9.17) is 4.74 Å². The van der Waals surface area contributed by atoms with Gasteiger partial charge in [-0.15, -0.1) is 0 Å². The number of nitrogens with one attached hydrogen (secondary N) is 1. The molecular weight excluding hydrogens is 304 g/mol. The van der Waals surface area contributed by atoms with Crippen molar-refractivity contribution in [2.75, 3.05) is 26.7 Å². The van der Waals surface area contributed by atoms with E-state index in [-0.39, 0.29) is 12.0 Å². The number of hydrogen-bond donors (Lipinski definition) is 1. The summed E-state index contributed by atoms with van der Waals surface area (Å²) in [4.78, 5) is 25.5. The Morgan fingerprint density at radius 2 is 1.83 bits per heavy atom. The van der Waals surface area contributed by atoms with Crippen LogP contribution in [0.25, 0.3) is 10.8 Å². The fourth-order valence-corrected chi connectivity index (χ4v) is 3.12. The summed E-state index contributed by atoms with van der Waals surface area (Å²) in [7, 11) is 1.40. The number of methoxy groups -OCH3 is 1. The van der Waals surface area contributed by atoms with Crippen LogP contribution in [0.4, 0.5) is 4.79 Å². The van der Waals surface area contributed by atoms with Crippen LogP contribution in [0.2, 0.25) is 0 Å². The Kier molecular flexibility index (Phi) is 4.99. The number of nitrogens with zero attached hydrogens (tertiary/aromatic N) is 1. The molecule has 0 aliphatic carbocycles. The average Bonchev–Trinajstić information content (AvgIpc) is 2.65. The van der Waals surface area contributed by atoms with E-state index >= 15 is 0 Å². The first-order valence-corrected chi connectivity index (χ1v) is 8.27. The lowest BCUT2D eigenvalue weighted by Crippen LogP contribution is -2.41. The van der Waals surface area contributed by atoms with Gasteiger partial charge in [-0.2, -0.15) is 0 Å². The number of fused-ring (bicyclic) bond motifs is 1. The highest BCUT2D eigenvalue weighted by molar-refractivity contribution is 5.98. The second-order valence-corrected chi connectivity index (χ2v) is 6.17. The van der Waals surface area contributed by atoms with Crippen LogP contribution in [-0.4, -0.2) is 43.6 Å². The summed E-state index contributed by atoms with van der Waals surface area (Å²) in [5, 5.41) is 5.21. The number of amides is 2. The normalized spacial score (nSPS) is 15.3. The first kappa shape index (κ1) is 16.3. The van der Waals surface area contributed by atoms with Gasteiger partial charge in [0.25, 0.3) is 5.91 Å². The molecule has 24 heavy (non-hydrogen) atoms. The second-order valence-electron chi connectivity index (χ2n) is 6.17. The monoisotopic (exact) mass is 326 g/mol. The van der Waals surface area contributed by atoms with Crippen LogP contribution < -0.4 is 5.32 Å². The summed E-state index contributed by atoms with van der Waals surface area (Å²) < 4.78 is 4.73. The van der Waals surface area contributed by atoms with E-state index in [1.807, 2.05) is 42.5 Å².